The van der Waals surface area contributed by atoms with Crippen LogP contribution >= 0.6 is 0 Å². The number of para-hydroxylation sites is 2. The smallest absolute Gasteiger partial charge is 0.319 e. The number of pyridine rings is 1. The maximum absolute atomic E-state index is 11.6. The SMILES string of the molecule is COc1ccccc1Nc1ccc(NC(=O)NC2CC2)cn1. The maximum Gasteiger partial charge on any atom is 0.319 e. The van der Waals surface area contributed by atoms with E-state index in [2.05, 4.69) is 20.9 Å². The first-order chi connectivity index (χ1) is 10.7. The van der Waals surface area contributed by atoms with Crippen LogP contribution in [0.25, 0.3) is 0 Å². The number of nitrogens with zero attached hydrogens (tertiary/aromatic N) is 1. The van der Waals surface area contributed by atoms with Gasteiger partial charge in [0.15, 0.2) is 0 Å². The molecule has 1 aliphatic rings. The average Bonchev–Trinajstić information content (AvgIpc) is 3.33. The van der Waals surface area contributed by atoms with Crippen LogP contribution in [-0.4, -0.2) is 24.2 Å². The molecule has 6 heteroatoms. The molecular weight excluding hydrogens is 280 g/mol. The van der Waals surface area contributed by atoms with Gasteiger partial charge in [-0.25, -0.2) is 9.78 Å². The molecule has 3 rings (SSSR count). The number of ether oxygens (including phenoxy) is 1. The molecule has 0 radical (unpaired) electrons. The lowest BCUT2D eigenvalue weighted by molar-refractivity contribution is 0.251. The van der Waals surface area contributed by atoms with Crippen LogP contribution in [0.15, 0.2) is 42.6 Å². The number of aromatic nitrogens is 1. The molecule has 0 saturated heterocycles. The molecule has 1 fully saturated rings. The third-order valence-electron chi connectivity index (χ3n) is 3.30. The minimum atomic E-state index is -0.185. The Bertz CT molecular complexity index is 653. The highest BCUT2D eigenvalue weighted by atomic mass is 16.5. The van der Waals surface area contributed by atoms with Gasteiger partial charge in [0.25, 0.3) is 0 Å². The van der Waals surface area contributed by atoms with Gasteiger partial charge in [-0.05, 0) is 37.1 Å². The molecule has 1 heterocycles. The summed E-state index contributed by atoms with van der Waals surface area (Å²) >= 11 is 0. The Morgan fingerprint density at radius 2 is 2.05 bits per heavy atom. The second kappa shape index (κ2) is 6.34. The van der Waals surface area contributed by atoms with E-state index in [0.29, 0.717) is 17.5 Å². The Balaban J connectivity index is 1.62. The van der Waals surface area contributed by atoms with Gasteiger partial charge in [-0.15, -0.1) is 0 Å². The van der Waals surface area contributed by atoms with Crippen LogP contribution in [-0.2, 0) is 0 Å². The summed E-state index contributed by atoms with van der Waals surface area (Å²) in [6.07, 6.45) is 3.74. The van der Waals surface area contributed by atoms with Crippen molar-refractivity contribution >= 4 is 23.2 Å². The van der Waals surface area contributed by atoms with Crippen molar-refractivity contribution in [2.24, 2.45) is 0 Å². The number of nitrogens with one attached hydrogen (secondary N) is 3. The molecule has 3 N–H and O–H groups in total. The van der Waals surface area contributed by atoms with Crippen molar-refractivity contribution in [3.05, 3.63) is 42.6 Å². The van der Waals surface area contributed by atoms with Crippen molar-refractivity contribution in [1.82, 2.24) is 10.3 Å². The van der Waals surface area contributed by atoms with E-state index >= 15 is 0 Å². The number of anilines is 3. The highest BCUT2D eigenvalue weighted by Gasteiger charge is 2.23. The van der Waals surface area contributed by atoms with Crippen LogP contribution in [0.1, 0.15) is 12.8 Å². The standard InChI is InChI=1S/C16H18N4O2/c1-22-14-5-3-2-4-13(14)20-15-9-8-12(10-17-15)19-16(21)18-11-6-7-11/h2-5,8-11H,6-7H2,1H3,(H,17,20)(H2,18,19,21). The number of rotatable bonds is 5. The number of amides is 2. The number of carbonyl (C=O) groups is 1. The van der Waals surface area contributed by atoms with E-state index in [0.717, 1.165) is 24.3 Å². The molecule has 2 aromatic rings. The summed E-state index contributed by atoms with van der Waals surface area (Å²) < 4.78 is 5.28. The number of carbonyl (C=O) groups excluding carboxylic acids is 1. The zero-order chi connectivity index (χ0) is 15.4. The summed E-state index contributed by atoms with van der Waals surface area (Å²) in [6.45, 7) is 0. The van der Waals surface area contributed by atoms with E-state index in [4.69, 9.17) is 4.74 Å². The molecular formula is C16H18N4O2. The first-order valence-electron chi connectivity index (χ1n) is 7.18. The van der Waals surface area contributed by atoms with Gasteiger partial charge >= 0.3 is 6.03 Å². The second-order valence-electron chi connectivity index (χ2n) is 5.13. The van der Waals surface area contributed by atoms with Crippen molar-refractivity contribution in [2.75, 3.05) is 17.7 Å². The minimum absolute atomic E-state index is 0.185. The predicted octanol–water partition coefficient (Wildman–Crippen LogP) is 3.12. The van der Waals surface area contributed by atoms with Gasteiger partial charge in [0.2, 0.25) is 0 Å². The lowest BCUT2D eigenvalue weighted by Gasteiger charge is -2.11. The maximum atomic E-state index is 11.6. The molecule has 1 aromatic heterocycles. The third-order valence-corrected chi connectivity index (χ3v) is 3.30. The van der Waals surface area contributed by atoms with E-state index in [1.165, 1.54) is 0 Å². The molecule has 1 saturated carbocycles. The largest absolute Gasteiger partial charge is 0.495 e. The fourth-order valence-corrected chi connectivity index (χ4v) is 2.01. The summed E-state index contributed by atoms with van der Waals surface area (Å²) in [6, 6.07) is 11.4. The van der Waals surface area contributed by atoms with E-state index in [1.807, 2.05) is 24.3 Å². The number of methoxy groups -OCH3 is 1. The Morgan fingerprint density at radius 3 is 2.73 bits per heavy atom. The molecule has 1 aromatic carbocycles. The summed E-state index contributed by atoms with van der Waals surface area (Å²) in [5.41, 5.74) is 1.49. The van der Waals surface area contributed by atoms with Crippen molar-refractivity contribution < 1.29 is 9.53 Å². The first kappa shape index (κ1) is 14.2. The van der Waals surface area contributed by atoms with Crippen LogP contribution in [0.3, 0.4) is 0 Å². The van der Waals surface area contributed by atoms with Crippen molar-refractivity contribution in [3.63, 3.8) is 0 Å². The zero-order valence-electron chi connectivity index (χ0n) is 12.3. The van der Waals surface area contributed by atoms with Gasteiger partial charge in [0.05, 0.1) is 24.7 Å². The minimum Gasteiger partial charge on any atom is -0.495 e. The van der Waals surface area contributed by atoms with Crippen LogP contribution < -0.4 is 20.7 Å². The first-order valence-corrected chi connectivity index (χ1v) is 7.18. The Morgan fingerprint density at radius 1 is 1.23 bits per heavy atom. The lowest BCUT2D eigenvalue weighted by atomic mass is 10.3. The topological polar surface area (TPSA) is 75.3 Å². The molecule has 22 heavy (non-hydrogen) atoms. The van der Waals surface area contributed by atoms with Crippen LogP contribution in [0.5, 0.6) is 5.75 Å². The van der Waals surface area contributed by atoms with Crippen LogP contribution in [0.4, 0.5) is 22.0 Å². The van der Waals surface area contributed by atoms with E-state index < -0.39 is 0 Å². The monoisotopic (exact) mass is 298 g/mol. The highest BCUT2D eigenvalue weighted by Crippen LogP contribution is 2.26. The van der Waals surface area contributed by atoms with E-state index in [-0.39, 0.29) is 6.03 Å². The fraction of sp³-hybridized carbons (Fsp3) is 0.250. The van der Waals surface area contributed by atoms with Gasteiger partial charge in [-0.1, -0.05) is 12.1 Å². The number of hydrogen-bond acceptors (Lipinski definition) is 4. The Hall–Kier alpha value is -2.76. The molecule has 0 spiro atoms. The van der Waals surface area contributed by atoms with Crippen molar-refractivity contribution in [2.45, 2.75) is 18.9 Å². The lowest BCUT2D eigenvalue weighted by Crippen LogP contribution is -2.30. The Labute approximate surface area is 128 Å². The highest BCUT2D eigenvalue weighted by molar-refractivity contribution is 5.89. The van der Waals surface area contributed by atoms with Crippen LogP contribution in [0, 0.1) is 0 Å². The molecule has 114 valence electrons. The summed E-state index contributed by atoms with van der Waals surface area (Å²) in [5, 5.41) is 8.81. The quantitative estimate of drug-likeness (QED) is 0.793. The Kier molecular flexibility index (Phi) is 4.09. The number of urea groups is 1. The van der Waals surface area contributed by atoms with Gasteiger partial charge in [0.1, 0.15) is 11.6 Å². The van der Waals surface area contributed by atoms with Crippen LogP contribution in [0.2, 0.25) is 0 Å². The van der Waals surface area contributed by atoms with Crippen molar-refractivity contribution in [1.29, 1.82) is 0 Å². The van der Waals surface area contributed by atoms with Gasteiger partial charge in [0, 0.05) is 6.04 Å². The number of hydrogen-bond donors (Lipinski definition) is 3. The molecule has 0 unspecified atom stereocenters. The summed E-state index contributed by atoms with van der Waals surface area (Å²) in [4.78, 5) is 15.9. The molecule has 1 aliphatic carbocycles. The molecule has 6 nitrogen and oxygen atoms in total. The van der Waals surface area contributed by atoms with Gasteiger partial charge in [-0.3, -0.25) is 0 Å². The third kappa shape index (κ3) is 3.66. The zero-order valence-corrected chi connectivity index (χ0v) is 12.3. The summed E-state index contributed by atoms with van der Waals surface area (Å²) in [5.74, 6) is 1.42. The van der Waals surface area contributed by atoms with Gasteiger partial charge < -0.3 is 20.7 Å². The van der Waals surface area contributed by atoms with E-state index in [9.17, 15) is 4.79 Å². The van der Waals surface area contributed by atoms with E-state index in [1.54, 1.807) is 25.4 Å². The average molecular weight is 298 g/mol. The van der Waals surface area contributed by atoms with Crippen molar-refractivity contribution in [3.8, 4) is 5.75 Å². The molecule has 0 bridgehead atoms. The molecule has 2 amide bonds. The molecule has 0 atom stereocenters. The molecule has 0 aliphatic heterocycles. The summed E-state index contributed by atoms with van der Waals surface area (Å²) in [7, 11) is 1.62. The normalized spacial score (nSPS) is 13.3. The number of benzene rings is 1. The second-order valence-corrected chi connectivity index (χ2v) is 5.13. The predicted molar refractivity (Wildman–Crippen MR) is 85.7 cm³/mol. The fourth-order valence-electron chi connectivity index (χ4n) is 2.01. The van der Waals surface area contributed by atoms with Gasteiger partial charge in [-0.2, -0.15) is 0 Å².